The van der Waals surface area contributed by atoms with E-state index in [9.17, 15) is 14.4 Å². The lowest BCUT2D eigenvalue weighted by atomic mass is 9.98. The summed E-state index contributed by atoms with van der Waals surface area (Å²) in [6.07, 6.45) is 6.15. The average molecular weight is 265 g/mol. The molecule has 1 aliphatic rings. The van der Waals surface area contributed by atoms with E-state index in [2.05, 4.69) is 17.0 Å². The highest BCUT2D eigenvalue weighted by molar-refractivity contribution is 6.00. The van der Waals surface area contributed by atoms with Crippen molar-refractivity contribution in [1.82, 2.24) is 5.32 Å². The molecule has 0 saturated carbocycles. The Morgan fingerprint density at radius 2 is 2.16 bits per heavy atom. The van der Waals surface area contributed by atoms with E-state index in [-0.39, 0.29) is 18.1 Å². The number of ketones is 1. The topological polar surface area (TPSA) is 72.5 Å². The smallest absolute Gasteiger partial charge is 0.308 e. The lowest BCUT2D eigenvalue weighted by Crippen LogP contribution is -2.42. The van der Waals surface area contributed by atoms with Crippen molar-refractivity contribution in [3.05, 3.63) is 23.8 Å². The normalized spacial score (nSPS) is 19.3. The Morgan fingerprint density at radius 3 is 2.63 bits per heavy atom. The van der Waals surface area contributed by atoms with Crippen molar-refractivity contribution in [2.24, 2.45) is 5.92 Å². The van der Waals surface area contributed by atoms with Crippen molar-refractivity contribution >= 4 is 17.7 Å². The van der Waals surface area contributed by atoms with Gasteiger partial charge in [-0.05, 0) is 19.3 Å². The summed E-state index contributed by atoms with van der Waals surface area (Å²) in [4.78, 5) is 34.5. The summed E-state index contributed by atoms with van der Waals surface area (Å²) in [6, 6.07) is -0.839. The van der Waals surface area contributed by atoms with E-state index in [0.717, 1.165) is 6.42 Å². The summed E-state index contributed by atoms with van der Waals surface area (Å²) in [5.74, 6) is -0.725. The number of nitrogens with one attached hydrogen (secondary N) is 1. The summed E-state index contributed by atoms with van der Waals surface area (Å²) in [6.45, 7) is 3.39. The van der Waals surface area contributed by atoms with E-state index >= 15 is 0 Å². The van der Waals surface area contributed by atoms with Gasteiger partial charge in [-0.3, -0.25) is 14.4 Å². The molecule has 1 aliphatic carbocycles. The van der Waals surface area contributed by atoms with E-state index < -0.39 is 12.0 Å². The van der Waals surface area contributed by atoms with E-state index in [0.29, 0.717) is 11.5 Å². The van der Waals surface area contributed by atoms with Crippen LogP contribution in [0, 0.1) is 5.92 Å². The lowest BCUT2D eigenvalue weighted by molar-refractivity contribution is -0.142. The Morgan fingerprint density at radius 1 is 1.47 bits per heavy atom. The Kier molecular flexibility index (Phi) is 5.48. The maximum Gasteiger partial charge on any atom is 0.308 e. The molecule has 0 bridgehead atoms. The van der Waals surface area contributed by atoms with Gasteiger partial charge in [0, 0.05) is 5.57 Å². The molecule has 1 rings (SSSR count). The number of carbonyl (C=O) groups is 3. The third-order valence-corrected chi connectivity index (χ3v) is 2.97. The van der Waals surface area contributed by atoms with Crippen LogP contribution < -0.4 is 5.32 Å². The molecule has 0 aromatic rings. The molecule has 0 radical (unpaired) electrons. The zero-order valence-electron chi connectivity index (χ0n) is 11.4. The Labute approximate surface area is 112 Å². The minimum absolute atomic E-state index is 0.148. The first kappa shape index (κ1) is 15.1. The SMILES string of the molecule is COC(=O)CC(NC(=O)C1=CCC(C)C=C1)C(C)=O. The van der Waals surface area contributed by atoms with E-state index in [1.807, 2.05) is 12.2 Å². The number of methoxy groups -OCH3 is 1. The van der Waals surface area contributed by atoms with Crippen LogP contribution >= 0.6 is 0 Å². The van der Waals surface area contributed by atoms with Crippen LogP contribution in [0.1, 0.15) is 26.7 Å². The first-order chi connectivity index (χ1) is 8.93. The molecule has 1 amide bonds. The quantitative estimate of drug-likeness (QED) is 0.757. The van der Waals surface area contributed by atoms with Crippen LogP contribution in [0.4, 0.5) is 0 Å². The number of amides is 1. The fourth-order valence-corrected chi connectivity index (χ4v) is 1.68. The maximum atomic E-state index is 12.0. The number of hydrogen-bond acceptors (Lipinski definition) is 4. The zero-order valence-corrected chi connectivity index (χ0v) is 11.4. The monoisotopic (exact) mass is 265 g/mol. The van der Waals surface area contributed by atoms with Crippen LogP contribution in [-0.2, 0) is 19.1 Å². The van der Waals surface area contributed by atoms with Gasteiger partial charge in [0.2, 0.25) is 0 Å². The minimum atomic E-state index is -0.839. The van der Waals surface area contributed by atoms with Gasteiger partial charge in [0.05, 0.1) is 19.6 Å². The van der Waals surface area contributed by atoms with Gasteiger partial charge < -0.3 is 10.1 Å². The van der Waals surface area contributed by atoms with Gasteiger partial charge in [-0.1, -0.05) is 25.2 Å². The third kappa shape index (κ3) is 4.69. The summed E-state index contributed by atoms with van der Waals surface area (Å²) in [5, 5.41) is 2.56. The van der Waals surface area contributed by atoms with Gasteiger partial charge in [-0.2, -0.15) is 0 Å². The van der Waals surface area contributed by atoms with Gasteiger partial charge in [-0.25, -0.2) is 0 Å². The summed E-state index contributed by atoms with van der Waals surface area (Å²) in [7, 11) is 1.25. The highest BCUT2D eigenvalue weighted by Crippen LogP contribution is 2.15. The zero-order chi connectivity index (χ0) is 14.4. The molecule has 0 aromatic carbocycles. The Bertz CT molecular complexity index is 437. The molecule has 19 heavy (non-hydrogen) atoms. The van der Waals surface area contributed by atoms with Gasteiger partial charge in [0.1, 0.15) is 0 Å². The van der Waals surface area contributed by atoms with Gasteiger partial charge in [-0.15, -0.1) is 0 Å². The molecule has 0 fully saturated rings. The second-order valence-corrected chi connectivity index (χ2v) is 4.65. The second kappa shape index (κ2) is 6.87. The number of Topliss-reactive ketones (excluding diaryl/α,β-unsaturated/α-hetero) is 1. The molecular formula is C14H19NO4. The number of ether oxygens (including phenoxy) is 1. The van der Waals surface area contributed by atoms with Crippen molar-refractivity contribution in [1.29, 1.82) is 0 Å². The third-order valence-electron chi connectivity index (χ3n) is 2.97. The first-order valence-electron chi connectivity index (χ1n) is 6.20. The molecule has 1 N–H and O–H groups in total. The van der Waals surface area contributed by atoms with Crippen LogP contribution in [0.5, 0.6) is 0 Å². The van der Waals surface area contributed by atoms with Crippen LogP contribution in [-0.4, -0.2) is 30.8 Å². The molecule has 2 unspecified atom stereocenters. The Hall–Kier alpha value is -1.91. The van der Waals surface area contributed by atoms with Crippen molar-refractivity contribution in [2.75, 3.05) is 7.11 Å². The second-order valence-electron chi connectivity index (χ2n) is 4.65. The van der Waals surface area contributed by atoms with E-state index in [4.69, 9.17) is 0 Å². The summed E-state index contributed by atoms with van der Waals surface area (Å²) < 4.78 is 4.50. The highest BCUT2D eigenvalue weighted by Gasteiger charge is 2.22. The number of hydrogen-bond donors (Lipinski definition) is 1. The molecule has 2 atom stereocenters. The van der Waals surface area contributed by atoms with Crippen LogP contribution in [0.3, 0.4) is 0 Å². The largest absolute Gasteiger partial charge is 0.469 e. The fourth-order valence-electron chi connectivity index (χ4n) is 1.68. The average Bonchev–Trinajstić information content (AvgIpc) is 2.38. The lowest BCUT2D eigenvalue weighted by Gasteiger charge is -2.17. The predicted octanol–water partition coefficient (Wildman–Crippen LogP) is 1.15. The molecular weight excluding hydrogens is 246 g/mol. The first-order valence-corrected chi connectivity index (χ1v) is 6.20. The Balaban J connectivity index is 2.64. The fraction of sp³-hybridized carbons (Fsp3) is 0.500. The summed E-state index contributed by atoms with van der Waals surface area (Å²) >= 11 is 0. The summed E-state index contributed by atoms with van der Waals surface area (Å²) in [5.41, 5.74) is 0.522. The van der Waals surface area contributed by atoms with Crippen LogP contribution in [0.25, 0.3) is 0 Å². The van der Waals surface area contributed by atoms with Crippen LogP contribution in [0.2, 0.25) is 0 Å². The van der Waals surface area contributed by atoms with Crippen molar-refractivity contribution in [3.63, 3.8) is 0 Å². The van der Waals surface area contributed by atoms with Gasteiger partial charge in [0.25, 0.3) is 5.91 Å². The molecule has 0 aliphatic heterocycles. The van der Waals surface area contributed by atoms with Crippen molar-refractivity contribution in [3.8, 4) is 0 Å². The van der Waals surface area contributed by atoms with Crippen LogP contribution in [0.15, 0.2) is 23.8 Å². The molecule has 0 aromatic heterocycles. The van der Waals surface area contributed by atoms with E-state index in [1.54, 1.807) is 6.08 Å². The van der Waals surface area contributed by atoms with E-state index in [1.165, 1.54) is 14.0 Å². The maximum absolute atomic E-state index is 12.0. The molecule has 5 nitrogen and oxygen atoms in total. The standard InChI is InChI=1S/C14H19NO4/c1-9-4-6-11(7-5-9)14(18)15-12(10(2)16)8-13(17)19-3/h4,6-7,9,12H,5,8H2,1-3H3,(H,15,18). The van der Waals surface area contributed by atoms with Gasteiger partial charge in [0.15, 0.2) is 5.78 Å². The molecule has 5 heteroatoms. The van der Waals surface area contributed by atoms with Gasteiger partial charge >= 0.3 is 5.97 Å². The van der Waals surface area contributed by atoms with Crippen molar-refractivity contribution < 1.29 is 19.1 Å². The molecule has 104 valence electrons. The number of rotatable bonds is 5. The molecule has 0 heterocycles. The highest BCUT2D eigenvalue weighted by atomic mass is 16.5. The minimum Gasteiger partial charge on any atom is -0.469 e. The number of esters is 1. The predicted molar refractivity (Wildman–Crippen MR) is 70.2 cm³/mol. The number of allylic oxidation sites excluding steroid dienone is 2. The van der Waals surface area contributed by atoms with Crippen molar-refractivity contribution in [2.45, 2.75) is 32.7 Å². The molecule has 0 spiro atoms. The number of carbonyl (C=O) groups excluding carboxylic acids is 3. The molecule has 0 saturated heterocycles.